The number of nitrogens with two attached hydrogens (primary N) is 1. The summed E-state index contributed by atoms with van der Waals surface area (Å²) in [4.78, 5) is 16.5. The molecule has 26 heavy (non-hydrogen) atoms. The fourth-order valence-electron chi connectivity index (χ4n) is 3.18. The smallest absolute Gasteiger partial charge is 0.232 e. The Labute approximate surface area is 147 Å². The molecule has 3 aromatic rings. The summed E-state index contributed by atoms with van der Waals surface area (Å²) in [7, 11) is 0. The Morgan fingerprint density at radius 2 is 2.08 bits per heavy atom. The third kappa shape index (κ3) is 2.83. The molecule has 0 radical (unpaired) electrons. The Hall–Kier alpha value is -2.82. The lowest BCUT2D eigenvalue weighted by Gasteiger charge is -2.19. The number of anilines is 2. The van der Waals surface area contributed by atoms with E-state index in [-0.39, 0.29) is 18.4 Å². The summed E-state index contributed by atoms with van der Waals surface area (Å²) in [5, 5.41) is 32.6. The van der Waals surface area contributed by atoms with E-state index in [0.717, 1.165) is 0 Å². The summed E-state index contributed by atoms with van der Waals surface area (Å²) in [5.74, 6) is 0.232. The zero-order valence-electron chi connectivity index (χ0n) is 13.6. The van der Waals surface area contributed by atoms with E-state index in [1.807, 2.05) is 0 Å². The SMILES string of the molecule is Nc1ncc(-c2nc3ccncc3o2)c(N[C@@H]2C[C@H](CO)[C@@H](O)[C@H]2O)n1. The van der Waals surface area contributed by atoms with Crippen molar-refractivity contribution in [3.8, 4) is 11.5 Å². The number of oxazole rings is 1. The first-order chi connectivity index (χ1) is 12.6. The van der Waals surface area contributed by atoms with Crippen LogP contribution in [0.25, 0.3) is 22.6 Å². The van der Waals surface area contributed by atoms with Gasteiger partial charge in [-0.15, -0.1) is 0 Å². The first kappa shape index (κ1) is 16.6. The van der Waals surface area contributed by atoms with E-state index in [1.54, 1.807) is 18.5 Å². The molecule has 4 atom stereocenters. The Morgan fingerprint density at radius 1 is 1.23 bits per heavy atom. The van der Waals surface area contributed by atoms with Gasteiger partial charge >= 0.3 is 0 Å². The summed E-state index contributed by atoms with van der Waals surface area (Å²) in [5.41, 5.74) is 7.31. The van der Waals surface area contributed by atoms with Gasteiger partial charge in [-0.25, -0.2) is 9.97 Å². The third-order valence-corrected chi connectivity index (χ3v) is 4.59. The maximum Gasteiger partial charge on any atom is 0.232 e. The number of nitrogens with zero attached hydrogens (tertiary/aromatic N) is 4. The lowest BCUT2D eigenvalue weighted by molar-refractivity contribution is 0.00446. The minimum absolute atomic E-state index is 0.0424. The highest BCUT2D eigenvalue weighted by Gasteiger charge is 2.41. The maximum absolute atomic E-state index is 10.2. The van der Waals surface area contributed by atoms with Gasteiger partial charge in [0.2, 0.25) is 11.8 Å². The average molecular weight is 358 g/mol. The van der Waals surface area contributed by atoms with E-state index in [2.05, 4.69) is 25.3 Å². The number of aromatic nitrogens is 4. The van der Waals surface area contributed by atoms with E-state index >= 15 is 0 Å². The van der Waals surface area contributed by atoms with Crippen LogP contribution in [-0.4, -0.2) is 60.1 Å². The number of nitrogens with one attached hydrogen (secondary N) is 1. The summed E-state index contributed by atoms with van der Waals surface area (Å²) in [6.07, 6.45) is 2.95. The molecule has 6 N–H and O–H groups in total. The molecule has 0 aromatic carbocycles. The van der Waals surface area contributed by atoms with Gasteiger partial charge in [-0.3, -0.25) is 4.98 Å². The molecule has 1 fully saturated rings. The van der Waals surface area contributed by atoms with E-state index in [4.69, 9.17) is 10.2 Å². The molecule has 1 aliphatic carbocycles. The van der Waals surface area contributed by atoms with Gasteiger partial charge in [0.15, 0.2) is 5.58 Å². The Balaban J connectivity index is 1.69. The quantitative estimate of drug-likeness (QED) is 0.421. The molecule has 0 aliphatic heterocycles. The van der Waals surface area contributed by atoms with Crippen molar-refractivity contribution in [2.24, 2.45) is 5.92 Å². The topological polar surface area (TPSA) is 163 Å². The van der Waals surface area contributed by atoms with Gasteiger partial charge in [0.25, 0.3) is 0 Å². The van der Waals surface area contributed by atoms with Gasteiger partial charge < -0.3 is 30.8 Å². The van der Waals surface area contributed by atoms with Crippen LogP contribution in [0.15, 0.2) is 29.1 Å². The molecule has 0 saturated heterocycles. The minimum atomic E-state index is -1.05. The van der Waals surface area contributed by atoms with Crippen molar-refractivity contribution < 1.29 is 19.7 Å². The predicted octanol–water partition coefficient (Wildman–Crippen LogP) is -0.224. The number of hydrogen-bond acceptors (Lipinski definition) is 10. The van der Waals surface area contributed by atoms with Crippen LogP contribution in [0.1, 0.15) is 6.42 Å². The molecule has 10 heteroatoms. The molecule has 3 aromatic heterocycles. The van der Waals surface area contributed by atoms with Crippen LogP contribution in [0.5, 0.6) is 0 Å². The number of hydrogen-bond donors (Lipinski definition) is 5. The van der Waals surface area contributed by atoms with Crippen LogP contribution < -0.4 is 11.1 Å². The monoisotopic (exact) mass is 358 g/mol. The second-order valence-corrected chi connectivity index (χ2v) is 6.26. The molecular weight excluding hydrogens is 340 g/mol. The van der Waals surface area contributed by atoms with Crippen molar-refractivity contribution in [3.63, 3.8) is 0 Å². The van der Waals surface area contributed by atoms with Crippen molar-refractivity contribution >= 4 is 22.9 Å². The second kappa shape index (κ2) is 6.48. The zero-order valence-corrected chi connectivity index (χ0v) is 13.6. The van der Waals surface area contributed by atoms with Gasteiger partial charge in [-0.05, 0) is 12.5 Å². The van der Waals surface area contributed by atoms with Crippen LogP contribution in [0.2, 0.25) is 0 Å². The molecule has 3 heterocycles. The van der Waals surface area contributed by atoms with Gasteiger partial charge in [0, 0.05) is 24.9 Å². The number of pyridine rings is 1. The van der Waals surface area contributed by atoms with Gasteiger partial charge in [-0.1, -0.05) is 0 Å². The zero-order chi connectivity index (χ0) is 18.3. The molecule has 10 nitrogen and oxygen atoms in total. The van der Waals surface area contributed by atoms with Crippen LogP contribution >= 0.6 is 0 Å². The largest absolute Gasteiger partial charge is 0.434 e. The summed E-state index contributed by atoms with van der Waals surface area (Å²) < 4.78 is 5.70. The average Bonchev–Trinajstić information content (AvgIpc) is 3.18. The molecule has 1 aliphatic rings. The van der Waals surface area contributed by atoms with Crippen molar-refractivity contribution in [2.45, 2.75) is 24.7 Å². The third-order valence-electron chi connectivity index (χ3n) is 4.59. The molecule has 1 saturated carbocycles. The van der Waals surface area contributed by atoms with Crippen LogP contribution in [0.3, 0.4) is 0 Å². The van der Waals surface area contributed by atoms with Crippen LogP contribution in [-0.2, 0) is 0 Å². The van der Waals surface area contributed by atoms with Crippen molar-refractivity contribution in [2.75, 3.05) is 17.7 Å². The fraction of sp³-hybridized carbons (Fsp3) is 0.375. The lowest BCUT2D eigenvalue weighted by atomic mass is 10.1. The Morgan fingerprint density at radius 3 is 2.81 bits per heavy atom. The van der Waals surface area contributed by atoms with Gasteiger partial charge in [0.1, 0.15) is 17.4 Å². The van der Waals surface area contributed by atoms with Gasteiger partial charge in [-0.2, -0.15) is 4.98 Å². The van der Waals surface area contributed by atoms with Crippen LogP contribution in [0, 0.1) is 5.92 Å². The molecule has 4 rings (SSSR count). The molecule has 0 bridgehead atoms. The first-order valence-corrected chi connectivity index (χ1v) is 8.13. The van der Waals surface area contributed by atoms with E-state index in [9.17, 15) is 15.3 Å². The number of aliphatic hydroxyl groups is 3. The van der Waals surface area contributed by atoms with E-state index in [1.165, 1.54) is 6.20 Å². The standard InChI is InChI=1S/C16H18N6O4/c17-16-19-4-8(15-21-9-1-2-18-5-11(9)26-15)14(22-16)20-10-3-7(6-23)12(24)13(10)25/h1-2,4-5,7,10,12-13,23-25H,3,6H2,(H3,17,19,20,22)/t7-,10-,12-,13+/m1/s1. The lowest BCUT2D eigenvalue weighted by Crippen LogP contribution is -2.35. The number of fused-ring (bicyclic) bond motifs is 1. The number of aliphatic hydroxyl groups excluding tert-OH is 3. The summed E-state index contributed by atoms with van der Waals surface area (Å²) >= 11 is 0. The van der Waals surface area contributed by atoms with Crippen molar-refractivity contribution in [1.82, 2.24) is 19.9 Å². The Bertz CT molecular complexity index is 899. The molecule has 0 unspecified atom stereocenters. The van der Waals surface area contributed by atoms with Crippen molar-refractivity contribution in [1.29, 1.82) is 0 Å². The highest BCUT2D eigenvalue weighted by atomic mass is 16.3. The van der Waals surface area contributed by atoms with Gasteiger partial charge in [0.05, 0.1) is 23.9 Å². The minimum Gasteiger partial charge on any atom is -0.434 e. The summed E-state index contributed by atoms with van der Waals surface area (Å²) in [6, 6.07) is 1.21. The normalized spacial score (nSPS) is 25.7. The second-order valence-electron chi connectivity index (χ2n) is 6.26. The molecular formula is C16H18N6O4. The fourth-order valence-corrected chi connectivity index (χ4v) is 3.18. The first-order valence-electron chi connectivity index (χ1n) is 8.13. The predicted molar refractivity (Wildman–Crippen MR) is 91.9 cm³/mol. The maximum atomic E-state index is 10.2. The molecule has 136 valence electrons. The summed E-state index contributed by atoms with van der Waals surface area (Å²) in [6.45, 7) is -0.215. The molecule has 0 amide bonds. The highest BCUT2D eigenvalue weighted by molar-refractivity contribution is 5.78. The molecule has 0 spiro atoms. The van der Waals surface area contributed by atoms with E-state index in [0.29, 0.717) is 28.9 Å². The van der Waals surface area contributed by atoms with E-state index < -0.39 is 24.2 Å². The van der Waals surface area contributed by atoms with Crippen LogP contribution in [0.4, 0.5) is 11.8 Å². The van der Waals surface area contributed by atoms with Crippen molar-refractivity contribution in [3.05, 3.63) is 24.7 Å². The number of nitrogen functional groups attached to an aromatic ring is 1. The highest BCUT2D eigenvalue weighted by Crippen LogP contribution is 2.33. The Kier molecular flexibility index (Phi) is 4.15. The number of rotatable bonds is 4.